The third-order valence-corrected chi connectivity index (χ3v) is 20.2. The second kappa shape index (κ2) is 50.7. The third-order valence-electron chi connectivity index (χ3n) is 20.2. The molecule has 100 heavy (non-hydrogen) atoms. The fraction of sp³-hybridized carbons (Fsp3) is 0.696. The summed E-state index contributed by atoms with van der Waals surface area (Å²) in [5, 5.41) is 0. The second-order valence-corrected chi connectivity index (χ2v) is 32.7. The maximum absolute atomic E-state index is 11.1. The number of carbonyl (C=O) groups excluding carboxylic acids is 4. The number of hydrogen-bond donors (Lipinski definition) is 0. The van der Waals surface area contributed by atoms with Gasteiger partial charge in [0.2, 0.25) is 0 Å². The van der Waals surface area contributed by atoms with Crippen LogP contribution in [0.15, 0.2) is 140 Å². The average molecular weight is 1390 g/mol. The van der Waals surface area contributed by atoms with Crippen LogP contribution in [-0.4, -0.2) is 70.0 Å². The Morgan fingerprint density at radius 2 is 0.410 bits per heavy atom. The van der Waals surface area contributed by atoms with Gasteiger partial charge in [0.05, 0.1) is 46.8 Å². The lowest BCUT2D eigenvalue weighted by molar-refractivity contribution is -0.117. The van der Waals surface area contributed by atoms with Crippen LogP contribution in [0.3, 0.4) is 0 Å². The molecule has 8 heteroatoms. The van der Waals surface area contributed by atoms with Crippen LogP contribution in [0.4, 0.5) is 0 Å². The van der Waals surface area contributed by atoms with Crippen molar-refractivity contribution in [3.63, 3.8) is 0 Å². The molecule has 0 radical (unpaired) electrons. The summed E-state index contributed by atoms with van der Waals surface area (Å²) < 4.78 is 23.4. The number of carbonyl (C=O) groups is 4. The lowest BCUT2D eigenvalue weighted by Gasteiger charge is -2.06. The molecule has 4 heterocycles. The van der Waals surface area contributed by atoms with Crippen LogP contribution in [0.2, 0.25) is 0 Å². The van der Waals surface area contributed by atoms with Crippen LogP contribution >= 0.6 is 0 Å². The van der Waals surface area contributed by atoms with Crippen molar-refractivity contribution in [2.45, 2.75) is 418 Å². The molecule has 0 spiro atoms. The lowest BCUT2D eigenvalue weighted by Crippen LogP contribution is -2.10. The fourth-order valence-corrected chi connectivity index (χ4v) is 12.5. The lowest BCUT2D eigenvalue weighted by atomic mass is 9.96. The third kappa shape index (κ3) is 49.9. The Hall–Kier alpha value is -4.60. The molecular weight excluding hydrogens is 1230 g/mol. The molecule has 0 amide bonds. The van der Waals surface area contributed by atoms with Crippen LogP contribution in [0.1, 0.15) is 372 Å². The largest absolute Gasteiger partial charge is 0.367 e. The smallest absolute Gasteiger partial charge is 0.130 e. The number of Topliss-reactive ketones (excluding diaryl/α,β-unsaturated/α-hetero) is 4. The van der Waals surface area contributed by atoms with E-state index >= 15 is 0 Å². The maximum Gasteiger partial charge on any atom is 0.130 e. The number of rotatable bonds is 48. The summed E-state index contributed by atoms with van der Waals surface area (Å²) in [6, 6.07) is 0. The minimum absolute atomic E-state index is 0.00759. The normalized spacial score (nSPS) is 22.8. The Morgan fingerprint density at radius 3 is 0.640 bits per heavy atom. The van der Waals surface area contributed by atoms with Crippen molar-refractivity contribution in [3.05, 3.63) is 140 Å². The number of epoxide rings is 4. The molecule has 8 nitrogen and oxygen atoms in total. The zero-order chi connectivity index (χ0) is 75.5. The van der Waals surface area contributed by atoms with Gasteiger partial charge in [0, 0.05) is 25.7 Å². The Kier molecular flexibility index (Phi) is 47.4. The SMILES string of the molecule is CC(=O)CC/C=C(\C)CC/C=C(\C)CC/C=C(\C)CCC1OC1(C)C.CC(=O)CC/C=C(\C)CC/C=C(\C)CCC1OC1(C)CCC=C(C)C.CC(=O)CC/C=C(\C)CCC1OC1(C)CC/C=C(\C)CCC=C(C)C.CC(=O)CCC1OC1(C)CC/C=C(\C)CC/C=C(\C)CCC=C(C)C. The monoisotopic (exact) mass is 1390 g/mol. The van der Waals surface area contributed by atoms with E-state index in [2.05, 4.69) is 211 Å². The minimum Gasteiger partial charge on any atom is -0.367 e. The van der Waals surface area contributed by atoms with E-state index < -0.39 is 0 Å². The summed E-state index contributed by atoms with van der Waals surface area (Å²) in [4.78, 5) is 43.9. The molecule has 568 valence electrons. The van der Waals surface area contributed by atoms with Gasteiger partial charge in [-0.1, -0.05) is 140 Å². The molecule has 4 aliphatic rings. The number of ether oxygens (including phenoxy) is 4. The molecule has 4 saturated heterocycles. The summed E-state index contributed by atoms with van der Waals surface area (Å²) >= 11 is 0. The molecule has 4 fully saturated rings. The summed E-state index contributed by atoms with van der Waals surface area (Å²) in [6.07, 6.45) is 62.5. The number of ketones is 4. The van der Waals surface area contributed by atoms with Crippen molar-refractivity contribution >= 4 is 23.1 Å². The van der Waals surface area contributed by atoms with Crippen molar-refractivity contribution in [3.8, 4) is 0 Å². The zero-order valence-electron chi connectivity index (χ0n) is 69.1. The molecule has 4 aliphatic heterocycles. The van der Waals surface area contributed by atoms with Crippen molar-refractivity contribution in [1.82, 2.24) is 0 Å². The highest BCUT2D eigenvalue weighted by atomic mass is 16.6. The summed E-state index contributed by atoms with van der Waals surface area (Å²) in [6.45, 7) is 50.5. The van der Waals surface area contributed by atoms with E-state index in [0.29, 0.717) is 44.0 Å². The number of allylic oxidation sites excluding steroid dienone is 24. The number of hydrogen-bond acceptors (Lipinski definition) is 8. The maximum atomic E-state index is 11.1. The highest BCUT2D eigenvalue weighted by Crippen LogP contribution is 2.46. The first kappa shape index (κ1) is 93.4. The average Bonchev–Trinajstić information content (AvgIpc) is 1.59. The van der Waals surface area contributed by atoms with Crippen LogP contribution in [0, 0.1) is 0 Å². The van der Waals surface area contributed by atoms with E-state index in [1.165, 1.54) is 73.3 Å². The summed E-state index contributed by atoms with van der Waals surface area (Å²) in [7, 11) is 0. The molecular formula is C92H152O8. The molecule has 7 unspecified atom stereocenters. The molecule has 0 saturated carbocycles. The van der Waals surface area contributed by atoms with Crippen LogP contribution < -0.4 is 0 Å². The van der Waals surface area contributed by atoms with Crippen LogP contribution in [0.25, 0.3) is 0 Å². The van der Waals surface area contributed by atoms with Crippen LogP contribution in [0.5, 0.6) is 0 Å². The topological polar surface area (TPSA) is 118 Å². The van der Waals surface area contributed by atoms with Gasteiger partial charge in [-0.25, -0.2) is 0 Å². The van der Waals surface area contributed by atoms with Gasteiger partial charge < -0.3 is 38.1 Å². The molecule has 4 rings (SSSR count). The van der Waals surface area contributed by atoms with Crippen molar-refractivity contribution < 1.29 is 38.1 Å². The Morgan fingerprint density at radius 1 is 0.230 bits per heavy atom. The van der Waals surface area contributed by atoms with E-state index in [0.717, 1.165) is 173 Å². The van der Waals surface area contributed by atoms with Gasteiger partial charge in [0.25, 0.3) is 0 Å². The van der Waals surface area contributed by atoms with Gasteiger partial charge >= 0.3 is 0 Å². The fourth-order valence-electron chi connectivity index (χ4n) is 12.5. The summed E-state index contributed by atoms with van der Waals surface area (Å²) in [5.41, 5.74) is 17.6. The van der Waals surface area contributed by atoms with E-state index in [4.69, 9.17) is 18.9 Å². The predicted molar refractivity (Wildman–Crippen MR) is 431 cm³/mol. The standard InChI is InChI=1S/4C23H38O2/c1-18(2)10-9-17-23(6)22(25-23)16-15-20(4)12-7-11-19(3)13-8-14-21(5)24;1-18(2)10-7-11-19(3)13-9-17-23(6)22(25-23)16-15-20(4)12-8-14-21(5)24;1-18(2)10-7-11-19(3)12-8-13-20(4)14-9-17-23(6)22(25-23)16-15-21(5)24;1-18(10-7-11-19(2)14-9-15-21(4)24)12-8-13-20(3)16-17-22-23(5,6)25-22/h2*10,12-13,22H,7-9,11,14-17H2,1-6H3;10,12,14,22H,7-9,11,13,15-17H2,1-6H3;10,13-14,22H,7-9,11-12,15-17H2,1-6H3/b2*19-13+,20-12+;19-12+,20-14+;18-10+,19-14+,20-13+. The molecule has 0 N–H and O–H groups in total. The van der Waals surface area contributed by atoms with Gasteiger partial charge in [-0.15, -0.1) is 0 Å². The van der Waals surface area contributed by atoms with E-state index in [-0.39, 0.29) is 51.6 Å². The van der Waals surface area contributed by atoms with Crippen molar-refractivity contribution in [2.24, 2.45) is 0 Å². The van der Waals surface area contributed by atoms with Gasteiger partial charge in [0.15, 0.2) is 0 Å². The highest BCUT2D eigenvalue weighted by molar-refractivity contribution is 5.76. The van der Waals surface area contributed by atoms with Crippen molar-refractivity contribution in [1.29, 1.82) is 0 Å². The Balaban J connectivity index is 0.000000667. The van der Waals surface area contributed by atoms with E-state index in [1.54, 1.807) is 27.7 Å². The molecule has 0 aromatic heterocycles. The molecule has 7 atom stereocenters. The first-order chi connectivity index (χ1) is 46.9. The van der Waals surface area contributed by atoms with Gasteiger partial charge in [0.1, 0.15) is 23.1 Å². The highest BCUT2D eigenvalue weighted by Gasteiger charge is 2.52. The molecule has 0 aromatic carbocycles. The van der Waals surface area contributed by atoms with Gasteiger partial charge in [-0.2, -0.15) is 0 Å². The van der Waals surface area contributed by atoms with Gasteiger partial charge in [-0.05, 0) is 346 Å². The summed E-state index contributed by atoms with van der Waals surface area (Å²) in [5.74, 6) is 1.08. The van der Waals surface area contributed by atoms with E-state index in [1.807, 2.05) is 0 Å². The first-order valence-electron chi connectivity index (χ1n) is 39.4. The van der Waals surface area contributed by atoms with Crippen LogP contribution in [-0.2, 0) is 38.1 Å². The van der Waals surface area contributed by atoms with E-state index in [9.17, 15) is 19.2 Å². The Labute approximate surface area is 616 Å². The Bertz CT molecular complexity index is 2850. The van der Waals surface area contributed by atoms with Crippen molar-refractivity contribution in [2.75, 3.05) is 0 Å². The molecule has 0 aromatic rings. The first-order valence-corrected chi connectivity index (χ1v) is 39.4. The zero-order valence-corrected chi connectivity index (χ0v) is 69.1. The second-order valence-electron chi connectivity index (χ2n) is 32.7. The molecule has 0 aliphatic carbocycles. The predicted octanol–water partition coefficient (Wildman–Crippen LogP) is 26.9. The quantitative estimate of drug-likeness (QED) is 0.0437. The molecule has 0 bridgehead atoms. The van der Waals surface area contributed by atoms with Gasteiger partial charge in [-0.3, -0.25) is 0 Å². The minimum atomic E-state index is 0.00759.